The molecule has 0 unspecified atom stereocenters. The van der Waals surface area contributed by atoms with Crippen molar-refractivity contribution in [2.24, 2.45) is 0 Å². The Hall–Kier alpha value is -3.36. The van der Waals surface area contributed by atoms with E-state index in [1.165, 1.54) is 41.5 Å². The normalized spacial score (nSPS) is 10.3. The van der Waals surface area contributed by atoms with Crippen molar-refractivity contribution < 1.29 is 13.9 Å². The van der Waals surface area contributed by atoms with Crippen molar-refractivity contribution in [3.63, 3.8) is 0 Å². The van der Waals surface area contributed by atoms with E-state index in [0.29, 0.717) is 17.3 Å². The predicted molar refractivity (Wildman–Crippen MR) is 77.2 cm³/mol. The van der Waals surface area contributed by atoms with E-state index in [-0.39, 0.29) is 18.3 Å². The Labute approximate surface area is 129 Å². The molecule has 1 amide bonds. The number of nitrogens with zero attached hydrogens (tertiary/aromatic N) is 5. The van der Waals surface area contributed by atoms with Crippen molar-refractivity contribution in [3.8, 4) is 11.6 Å². The highest BCUT2D eigenvalue weighted by molar-refractivity contribution is 5.90. The lowest BCUT2D eigenvalue weighted by Crippen LogP contribution is -2.19. The summed E-state index contributed by atoms with van der Waals surface area (Å²) in [4.78, 5) is 15.8. The molecule has 0 fully saturated rings. The third kappa shape index (κ3) is 4.06. The molecule has 0 bridgehead atoms. The SMILES string of the molecule is O=C(Cn1cnnn1)Nc1ccc(Oc2ccc(F)cc2)nc1. The number of ether oxygens (including phenoxy) is 1. The molecule has 2 heterocycles. The second-order valence-corrected chi connectivity index (χ2v) is 4.50. The van der Waals surface area contributed by atoms with Crippen LogP contribution in [-0.4, -0.2) is 31.1 Å². The van der Waals surface area contributed by atoms with E-state index in [0.717, 1.165) is 0 Å². The van der Waals surface area contributed by atoms with Gasteiger partial charge in [0.15, 0.2) is 0 Å². The molecule has 0 spiro atoms. The second-order valence-electron chi connectivity index (χ2n) is 4.50. The molecule has 0 atom stereocenters. The first kappa shape index (κ1) is 14.6. The monoisotopic (exact) mass is 314 g/mol. The molecule has 1 N–H and O–H groups in total. The van der Waals surface area contributed by atoms with Crippen LogP contribution in [0.15, 0.2) is 48.9 Å². The van der Waals surface area contributed by atoms with Crippen LogP contribution < -0.4 is 10.1 Å². The highest BCUT2D eigenvalue weighted by Crippen LogP contribution is 2.20. The number of hydrogen-bond acceptors (Lipinski definition) is 6. The van der Waals surface area contributed by atoms with Crippen LogP contribution in [0.2, 0.25) is 0 Å². The molecular weight excluding hydrogens is 303 g/mol. The number of pyridine rings is 1. The van der Waals surface area contributed by atoms with Crippen LogP contribution in [0.3, 0.4) is 0 Å². The molecule has 8 nitrogen and oxygen atoms in total. The van der Waals surface area contributed by atoms with Gasteiger partial charge in [-0.15, -0.1) is 5.10 Å². The zero-order valence-corrected chi connectivity index (χ0v) is 11.8. The number of tetrazole rings is 1. The molecule has 0 aliphatic heterocycles. The summed E-state index contributed by atoms with van der Waals surface area (Å²) in [5.74, 6) is 0.168. The summed E-state index contributed by atoms with van der Waals surface area (Å²) in [6.45, 7) is 0.000824. The van der Waals surface area contributed by atoms with E-state index in [1.807, 2.05) is 0 Å². The summed E-state index contributed by atoms with van der Waals surface area (Å²) >= 11 is 0. The van der Waals surface area contributed by atoms with Crippen molar-refractivity contribution in [3.05, 3.63) is 54.7 Å². The molecule has 2 aromatic heterocycles. The third-order valence-electron chi connectivity index (χ3n) is 2.75. The first-order valence-corrected chi connectivity index (χ1v) is 6.59. The first-order valence-electron chi connectivity index (χ1n) is 6.59. The van der Waals surface area contributed by atoms with Crippen molar-refractivity contribution in [1.82, 2.24) is 25.2 Å². The van der Waals surface area contributed by atoms with Crippen LogP contribution in [-0.2, 0) is 11.3 Å². The van der Waals surface area contributed by atoms with Gasteiger partial charge in [0.1, 0.15) is 24.4 Å². The number of anilines is 1. The van der Waals surface area contributed by atoms with Gasteiger partial charge >= 0.3 is 0 Å². The number of hydrogen-bond donors (Lipinski definition) is 1. The van der Waals surface area contributed by atoms with Crippen LogP contribution in [0.4, 0.5) is 10.1 Å². The molecule has 1 aromatic carbocycles. The van der Waals surface area contributed by atoms with Crippen LogP contribution in [0.1, 0.15) is 0 Å². The first-order chi connectivity index (χ1) is 11.2. The number of carbonyl (C=O) groups excluding carboxylic acids is 1. The average molecular weight is 314 g/mol. The third-order valence-corrected chi connectivity index (χ3v) is 2.75. The summed E-state index contributed by atoms with van der Waals surface area (Å²) in [5.41, 5.74) is 0.509. The average Bonchev–Trinajstić information content (AvgIpc) is 3.04. The Bertz CT molecular complexity index is 774. The minimum absolute atomic E-state index is 0.000824. The van der Waals surface area contributed by atoms with Gasteiger partial charge in [-0.2, -0.15) is 0 Å². The smallest absolute Gasteiger partial charge is 0.246 e. The molecule has 0 saturated heterocycles. The van der Waals surface area contributed by atoms with Gasteiger partial charge in [0.2, 0.25) is 11.8 Å². The van der Waals surface area contributed by atoms with Gasteiger partial charge in [0.05, 0.1) is 11.9 Å². The molecule has 0 radical (unpaired) electrons. The quantitative estimate of drug-likeness (QED) is 0.769. The Kier molecular flexibility index (Phi) is 4.18. The number of nitrogens with one attached hydrogen (secondary N) is 1. The number of rotatable bonds is 5. The minimum atomic E-state index is -0.342. The van der Waals surface area contributed by atoms with Crippen molar-refractivity contribution in [1.29, 1.82) is 0 Å². The molecule has 116 valence electrons. The maximum Gasteiger partial charge on any atom is 0.246 e. The maximum atomic E-state index is 12.8. The molecule has 0 saturated carbocycles. The Morgan fingerprint density at radius 2 is 2.04 bits per heavy atom. The molecule has 23 heavy (non-hydrogen) atoms. The lowest BCUT2D eigenvalue weighted by Gasteiger charge is -2.07. The fourth-order valence-corrected chi connectivity index (χ4v) is 1.74. The number of benzene rings is 1. The highest BCUT2D eigenvalue weighted by atomic mass is 19.1. The Balaban J connectivity index is 1.58. The van der Waals surface area contributed by atoms with Gasteiger partial charge in [-0.05, 0) is 40.8 Å². The van der Waals surface area contributed by atoms with Gasteiger partial charge in [-0.25, -0.2) is 14.1 Å². The lowest BCUT2D eigenvalue weighted by molar-refractivity contribution is -0.116. The van der Waals surface area contributed by atoms with E-state index in [1.54, 1.807) is 12.1 Å². The van der Waals surface area contributed by atoms with E-state index in [9.17, 15) is 9.18 Å². The predicted octanol–water partition coefficient (Wildman–Crippen LogP) is 1.64. The van der Waals surface area contributed by atoms with Gasteiger partial charge in [0.25, 0.3) is 0 Å². The molecule has 0 aliphatic carbocycles. The minimum Gasteiger partial charge on any atom is -0.439 e. The fraction of sp³-hybridized carbons (Fsp3) is 0.0714. The fourth-order valence-electron chi connectivity index (χ4n) is 1.74. The van der Waals surface area contributed by atoms with Gasteiger partial charge in [0, 0.05) is 6.07 Å². The highest BCUT2D eigenvalue weighted by Gasteiger charge is 2.06. The lowest BCUT2D eigenvalue weighted by atomic mass is 10.3. The van der Waals surface area contributed by atoms with Crippen LogP contribution in [0.5, 0.6) is 11.6 Å². The van der Waals surface area contributed by atoms with Gasteiger partial charge in [-0.1, -0.05) is 0 Å². The van der Waals surface area contributed by atoms with E-state index >= 15 is 0 Å². The summed E-state index contributed by atoms with van der Waals surface area (Å²) in [6.07, 6.45) is 2.80. The number of carbonyl (C=O) groups is 1. The Morgan fingerprint density at radius 3 is 2.70 bits per heavy atom. The molecule has 3 rings (SSSR count). The van der Waals surface area contributed by atoms with Crippen molar-refractivity contribution in [2.75, 3.05) is 5.32 Å². The second kappa shape index (κ2) is 6.60. The van der Waals surface area contributed by atoms with Crippen LogP contribution in [0, 0.1) is 5.82 Å². The summed E-state index contributed by atoms with van der Waals surface area (Å²) in [5, 5.41) is 13.1. The molecule has 0 aliphatic rings. The summed E-state index contributed by atoms with van der Waals surface area (Å²) in [7, 11) is 0. The molecular formula is C14H11FN6O2. The zero-order chi connectivity index (χ0) is 16.1. The Morgan fingerprint density at radius 1 is 1.22 bits per heavy atom. The van der Waals surface area contributed by atoms with Crippen LogP contribution in [0.25, 0.3) is 0 Å². The molecule has 3 aromatic rings. The largest absolute Gasteiger partial charge is 0.439 e. The van der Waals surface area contributed by atoms with Gasteiger partial charge < -0.3 is 10.1 Å². The number of aromatic nitrogens is 5. The van der Waals surface area contributed by atoms with Crippen LogP contribution >= 0.6 is 0 Å². The summed E-state index contributed by atoms with van der Waals surface area (Å²) < 4.78 is 19.6. The number of amides is 1. The van der Waals surface area contributed by atoms with E-state index < -0.39 is 0 Å². The zero-order valence-electron chi connectivity index (χ0n) is 11.8. The molecule has 9 heteroatoms. The van der Waals surface area contributed by atoms with Crippen molar-refractivity contribution in [2.45, 2.75) is 6.54 Å². The van der Waals surface area contributed by atoms with Gasteiger partial charge in [-0.3, -0.25) is 4.79 Å². The van der Waals surface area contributed by atoms with E-state index in [4.69, 9.17) is 4.74 Å². The topological polar surface area (TPSA) is 94.8 Å². The van der Waals surface area contributed by atoms with E-state index in [2.05, 4.69) is 25.8 Å². The van der Waals surface area contributed by atoms with Crippen molar-refractivity contribution >= 4 is 11.6 Å². The maximum absolute atomic E-state index is 12.8. The summed E-state index contributed by atoms with van der Waals surface area (Å²) in [6, 6.07) is 8.82. The number of halogens is 1. The standard InChI is InChI=1S/C14H11FN6O2/c15-10-1-4-12(5-2-10)23-14-6-3-11(7-16-14)18-13(22)8-21-9-17-19-20-21/h1-7,9H,8H2,(H,18,22).